The van der Waals surface area contributed by atoms with E-state index in [0.29, 0.717) is 17.5 Å². The number of para-hydroxylation sites is 1. The zero-order chi connectivity index (χ0) is 31.5. The van der Waals surface area contributed by atoms with Crippen LogP contribution >= 0.6 is 0 Å². The zero-order valence-corrected chi connectivity index (χ0v) is 26.2. The van der Waals surface area contributed by atoms with Crippen molar-refractivity contribution in [2.45, 2.75) is 25.7 Å². The minimum absolute atomic E-state index is 0.203. The van der Waals surface area contributed by atoms with Gasteiger partial charge in [0.1, 0.15) is 0 Å². The average molecular weight is 606 g/mol. The Hall–Kier alpha value is -5.94. The lowest BCUT2D eigenvalue weighted by Gasteiger charge is -2.27. The number of benzene rings is 5. The molecule has 8 aromatic rings. The first-order valence-electron chi connectivity index (χ1n) is 16.1. The first kappa shape index (κ1) is 27.4. The molecule has 1 aliphatic rings. The van der Waals surface area contributed by atoms with Crippen molar-refractivity contribution in [3.05, 3.63) is 145 Å². The van der Waals surface area contributed by atoms with E-state index in [2.05, 4.69) is 85.6 Å². The fourth-order valence-corrected chi connectivity index (χ4v) is 7.29. The van der Waals surface area contributed by atoms with Crippen molar-refractivity contribution in [1.82, 2.24) is 24.9 Å². The van der Waals surface area contributed by atoms with Gasteiger partial charge in [-0.3, -0.25) is 4.98 Å². The van der Waals surface area contributed by atoms with Gasteiger partial charge >= 0.3 is 0 Å². The molecule has 0 saturated carbocycles. The molecular weight excluding hydrogens is 574 g/mol. The van der Waals surface area contributed by atoms with Crippen LogP contribution in [0.25, 0.3) is 78.4 Å². The Morgan fingerprint density at radius 3 is 1.87 bits per heavy atom. The van der Waals surface area contributed by atoms with E-state index in [4.69, 9.17) is 19.9 Å². The van der Waals surface area contributed by atoms with E-state index in [9.17, 15) is 0 Å². The number of fused-ring (bicyclic) bond motifs is 6. The van der Waals surface area contributed by atoms with Crippen LogP contribution in [0.3, 0.4) is 0 Å². The Balaban J connectivity index is 1.21. The van der Waals surface area contributed by atoms with E-state index in [1.165, 1.54) is 38.5 Å². The molecule has 224 valence electrons. The van der Waals surface area contributed by atoms with Gasteiger partial charge in [0.15, 0.2) is 17.5 Å². The number of pyridine rings is 1. The predicted octanol–water partition coefficient (Wildman–Crippen LogP) is 10.3. The molecule has 5 heteroatoms. The van der Waals surface area contributed by atoms with Gasteiger partial charge in [0, 0.05) is 55.7 Å². The van der Waals surface area contributed by atoms with Gasteiger partial charge in [-0.15, -0.1) is 0 Å². The van der Waals surface area contributed by atoms with Crippen LogP contribution in [0.15, 0.2) is 134 Å². The molecule has 1 atom stereocenters. The maximum Gasteiger partial charge on any atom is 0.164 e. The molecule has 0 saturated heterocycles. The molecule has 9 rings (SSSR count). The van der Waals surface area contributed by atoms with Crippen LogP contribution in [-0.4, -0.2) is 24.9 Å². The highest BCUT2D eigenvalue weighted by Crippen LogP contribution is 2.54. The van der Waals surface area contributed by atoms with Gasteiger partial charge in [-0.2, -0.15) is 0 Å². The molecule has 1 unspecified atom stereocenters. The van der Waals surface area contributed by atoms with Crippen molar-refractivity contribution in [3.8, 4) is 56.5 Å². The molecule has 5 nitrogen and oxygen atoms in total. The number of hydrogen-bond acceptors (Lipinski definition) is 4. The molecule has 0 amide bonds. The third-order valence-electron chi connectivity index (χ3n) is 9.83. The lowest BCUT2D eigenvalue weighted by Crippen LogP contribution is -2.20. The Bertz CT molecular complexity index is 2410. The monoisotopic (exact) mass is 605 g/mol. The molecule has 1 N–H and O–H groups in total. The van der Waals surface area contributed by atoms with Gasteiger partial charge in [-0.05, 0) is 59.0 Å². The maximum absolute atomic E-state index is 5.06. The van der Waals surface area contributed by atoms with Gasteiger partial charge in [0.25, 0.3) is 0 Å². The summed E-state index contributed by atoms with van der Waals surface area (Å²) in [5.41, 5.74) is 12.2. The smallest absolute Gasteiger partial charge is 0.164 e. The molecule has 3 aromatic heterocycles. The van der Waals surface area contributed by atoms with Crippen molar-refractivity contribution in [2.24, 2.45) is 0 Å². The van der Waals surface area contributed by atoms with Gasteiger partial charge in [-0.1, -0.05) is 111 Å². The Morgan fingerprint density at radius 1 is 0.553 bits per heavy atom. The normalized spacial score (nSPS) is 15.2. The van der Waals surface area contributed by atoms with E-state index in [1.807, 2.05) is 66.9 Å². The van der Waals surface area contributed by atoms with Crippen LogP contribution < -0.4 is 0 Å². The molecule has 1 aliphatic carbocycles. The lowest BCUT2D eigenvalue weighted by atomic mass is 9.76. The van der Waals surface area contributed by atoms with E-state index in [-0.39, 0.29) is 5.41 Å². The summed E-state index contributed by atoms with van der Waals surface area (Å²) in [4.78, 5) is 23.6. The number of hydrogen-bond donors (Lipinski definition) is 1. The predicted molar refractivity (Wildman–Crippen MR) is 191 cm³/mol. The molecule has 0 fully saturated rings. The van der Waals surface area contributed by atoms with Crippen LogP contribution in [0.1, 0.15) is 31.4 Å². The van der Waals surface area contributed by atoms with E-state index in [1.54, 1.807) is 0 Å². The highest BCUT2D eigenvalue weighted by Gasteiger charge is 2.41. The molecule has 0 aliphatic heterocycles. The van der Waals surface area contributed by atoms with Crippen molar-refractivity contribution < 1.29 is 0 Å². The SMILES string of the molecule is CCC1(C)c2cc3c(cc2-c2ccnc(-c4cccc(-c5nc(-c6ccccc6)nc(-c6ccccc6)n5)c4)c21)[nH]c1ccccc13. The second kappa shape index (κ2) is 10.6. The molecule has 47 heavy (non-hydrogen) atoms. The Kier molecular flexibility index (Phi) is 6.15. The summed E-state index contributed by atoms with van der Waals surface area (Å²) in [7, 11) is 0. The third-order valence-corrected chi connectivity index (χ3v) is 9.83. The van der Waals surface area contributed by atoms with Gasteiger partial charge in [-0.25, -0.2) is 15.0 Å². The Morgan fingerprint density at radius 2 is 1.17 bits per heavy atom. The summed E-state index contributed by atoms with van der Waals surface area (Å²) in [5.74, 6) is 1.93. The van der Waals surface area contributed by atoms with Gasteiger partial charge in [0.2, 0.25) is 0 Å². The van der Waals surface area contributed by atoms with Crippen molar-refractivity contribution in [2.75, 3.05) is 0 Å². The first-order chi connectivity index (χ1) is 23.1. The highest BCUT2D eigenvalue weighted by molar-refractivity contribution is 6.09. The van der Waals surface area contributed by atoms with Gasteiger partial charge < -0.3 is 4.98 Å². The van der Waals surface area contributed by atoms with E-state index >= 15 is 0 Å². The topological polar surface area (TPSA) is 67.3 Å². The minimum Gasteiger partial charge on any atom is -0.354 e. The molecule has 0 spiro atoms. The second-order valence-electron chi connectivity index (χ2n) is 12.5. The summed E-state index contributed by atoms with van der Waals surface area (Å²) in [6, 6.07) is 44.2. The standard InChI is InChI=1S/C42H31N5/c1-3-42(2)34-24-33-30-19-10-11-20-35(30)44-36(33)25-32(34)31-21-22-43-38(37(31)42)28-17-12-18-29(23-28)41-46-39(26-13-6-4-7-14-26)45-40(47-41)27-15-8-5-9-16-27/h4-25,44H,3H2,1-2H3. The molecular formula is C42H31N5. The van der Waals surface area contributed by atoms with E-state index < -0.39 is 0 Å². The summed E-state index contributed by atoms with van der Waals surface area (Å²) < 4.78 is 0. The molecule has 5 aromatic carbocycles. The maximum atomic E-state index is 5.06. The lowest BCUT2D eigenvalue weighted by molar-refractivity contribution is 0.565. The zero-order valence-electron chi connectivity index (χ0n) is 26.2. The van der Waals surface area contributed by atoms with Crippen molar-refractivity contribution in [1.29, 1.82) is 0 Å². The molecule has 0 bridgehead atoms. The fourth-order valence-electron chi connectivity index (χ4n) is 7.29. The number of nitrogens with zero attached hydrogens (tertiary/aromatic N) is 4. The number of H-pyrrole nitrogens is 1. The summed E-state index contributed by atoms with van der Waals surface area (Å²) in [6.07, 6.45) is 2.90. The van der Waals surface area contributed by atoms with Crippen LogP contribution in [0, 0.1) is 0 Å². The number of nitrogens with one attached hydrogen (secondary N) is 1. The van der Waals surface area contributed by atoms with E-state index in [0.717, 1.165) is 39.9 Å². The fraction of sp³-hybridized carbons (Fsp3) is 0.0952. The molecule has 3 heterocycles. The average Bonchev–Trinajstić information content (AvgIpc) is 3.63. The minimum atomic E-state index is -0.203. The largest absolute Gasteiger partial charge is 0.354 e. The van der Waals surface area contributed by atoms with Crippen LogP contribution in [0.2, 0.25) is 0 Å². The van der Waals surface area contributed by atoms with Crippen LogP contribution in [-0.2, 0) is 5.41 Å². The number of rotatable bonds is 5. The summed E-state index contributed by atoms with van der Waals surface area (Å²) in [6.45, 7) is 4.66. The van der Waals surface area contributed by atoms with Crippen molar-refractivity contribution in [3.63, 3.8) is 0 Å². The third kappa shape index (κ3) is 4.31. The number of aromatic nitrogens is 5. The molecule has 0 radical (unpaired) electrons. The Labute approximate surface area is 273 Å². The quantitative estimate of drug-likeness (QED) is 0.212. The summed E-state index contributed by atoms with van der Waals surface area (Å²) in [5, 5.41) is 2.52. The van der Waals surface area contributed by atoms with Gasteiger partial charge in [0.05, 0.1) is 5.69 Å². The second-order valence-corrected chi connectivity index (χ2v) is 12.5. The summed E-state index contributed by atoms with van der Waals surface area (Å²) >= 11 is 0. The van der Waals surface area contributed by atoms with Crippen molar-refractivity contribution >= 4 is 21.8 Å². The van der Waals surface area contributed by atoms with Crippen LogP contribution in [0.5, 0.6) is 0 Å². The first-order valence-corrected chi connectivity index (χ1v) is 16.1. The number of aromatic amines is 1. The van der Waals surface area contributed by atoms with Crippen LogP contribution in [0.4, 0.5) is 0 Å². The highest BCUT2D eigenvalue weighted by atomic mass is 15.0.